The summed E-state index contributed by atoms with van der Waals surface area (Å²) in [4.78, 5) is 9.78. The Kier molecular flexibility index (Phi) is 3.63. The third kappa shape index (κ3) is 2.31. The van der Waals surface area contributed by atoms with Crippen LogP contribution in [0.3, 0.4) is 0 Å². The lowest BCUT2D eigenvalue weighted by atomic mass is 10.1. The van der Waals surface area contributed by atoms with Crippen molar-refractivity contribution in [1.82, 2.24) is 0 Å². The molecular formula is C7H3BrClFO3S. The normalized spacial score (nSPS) is 21.4. The zero-order valence-corrected chi connectivity index (χ0v) is 9.66. The lowest BCUT2D eigenvalue weighted by Gasteiger charge is -2.10. The van der Waals surface area contributed by atoms with Crippen molar-refractivity contribution in [3.8, 4) is 0 Å². The highest BCUT2D eigenvalue weighted by molar-refractivity contribution is 9.10. The van der Waals surface area contributed by atoms with Crippen molar-refractivity contribution in [3.05, 3.63) is 23.6 Å². The first-order valence-corrected chi connectivity index (χ1v) is 5.69. The van der Waals surface area contributed by atoms with E-state index in [1.165, 1.54) is 0 Å². The molecule has 0 aromatic heterocycles. The molecule has 1 unspecified atom stereocenters. The minimum absolute atomic E-state index is 0.129. The maximum Gasteiger partial charge on any atom is 0.255 e. The highest BCUT2D eigenvalue weighted by Crippen LogP contribution is 2.24. The predicted molar refractivity (Wildman–Crippen MR) is 54.8 cm³/mol. The van der Waals surface area contributed by atoms with Gasteiger partial charge in [-0.3, -0.25) is 4.79 Å². The van der Waals surface area contributed by atoms with Gasteiger partial charge < -0.3 is 0 Å². The molecule has 14 heavy (non-hydrogen) atoms. The van der Waals surface area contributed by atoms with Gasteiger partial charge in [0.25, 0.3) is 5.24 Å². The van der Waals surface area contributed by atoms with Crippen LogP contribution in [0.15, 0.2) is 23.6 Å². The van der Waals surface area contributed by atoms with Crippen molar-refractivity contribution in [2.75, 3.05) is 0 Å². The van der Waals surface area contributed by atoms with Crippen LogP contribution in [-0.2, 0) is 15.1 Å². The molecule has 0 heterocycles. The van der Waals surface area contributed by atoms with Gasteiger partial charge in [0.05, 0.1) is 15.3 Å². The maximum absolute atomic E-state index is 13.0. The molecule has 1 aliphatic rings. The van der Waals surface area contributed by atoms with E-state index in [0.29, 0.717) is 0 Å². The molecule has 1 atom stereocenters. The monoisotopic (exact) mass is 300 g/mol. The van der Waals surface area contributed by atoms with Crippen LogP contribution in [0.1, 0.15) is 0 Å². The van der Waals surface area contributed by atoms with E-state index in [2.05, 4.69) is 15.9 Å². The summed E-state index contributed by atoms with van der Waals surface area (Å²) < 4.78 is 34.3. The van der Waals surface area contributed by atoms with Gasteiger partial charge in [-0.05, 0) is 23.8 Å². The third-order valence-electron chi connectivity index (χ3n) is 1.51. The second kappa shape index (κ2) is 4.37. The third-order valence-corrected chi connectivity index (χ3v) is 3.53. The molecule has 1 rings (SSSR count). The van der Waals surface area contributed by atoms with Gasteiger partial charge in [-0.1, -0.05) is 15.9 Å². The molecule has 0 bridgehead atoms. The number of alkyl halides is 1. The molecule has 0 radical (unpaired) electrons. The largest absolute Gasteiger partial charge is 0.275 e. The number of rotatable bonds is 1. The highest BCUT2D eigenvalue weighted by Gasteiger charge is 2.23. The fourth-order valence-corrected chi connectivity index (χ4v) is 2.31. The highest BCUT2D eigenvalue weighted by atomic mass is 79.9. The van der Waals surface area contributed by atoms with Crippen LogP contribution in [-0.4, -0.2) is 23.4 Å². The number of carbonyl (C=O) groups is 1. The van der Waals surface area contributed by atoms with Gasteiger partial charge in [-0.2, -0.15) is 8.42 Å². The molecule has 0 saturated heterocycles. The summed E-state index contributed by atoms with van der Waals surface area (Å²) >= 11 is 7.98. The Bertz CT molecular complexity index is 469. The molecule has 3 nitrogen and oxygen atoms in total. The average molecular weight is 302 g/mol. The lowest BCUT2D eigenvalue weighted by molar-refractivity contribution is -0.108. The van der Waals surface area contributed by atoms with Gasteiger partial charge >= 0.3 is 0 Å². The lowest BCUT2D eigenvalue weighted by Crippen LogP contribution is -2.17. The van der Waals surface area contributed by atoms with Gasteiger partial charge in [0.1, 0.15) is 5.83 Å². The summed E-state index contributed by atoms with van der Waals surface area (Å²) in [6.07, 6.45) is 1.87. The van der Waals surface area contributed by atoms with Crippen molar-refractivity contribution in [2.24, 2.45) is 0 Å². The molecule has 1 aliphatic carbocycles. The van der Waals surface area contributed by atoms with Crippen LogP contribution in [0.4, 0.5) is 4.39 Å². The van der Waals surface area contributed by atoms with E-state index in [-0.39, 0.29) is 4.86 Å². The minimum atomic E-state index is -2.51. The number of allylic oxidation sites excluding steroid dienone is 4. The van der Waals surface area contributed by atoms with E-state index in [1.807, 2.05) is 0 Å². The predicted octanol–water partition coefficient (Wildman–Crippen LogP) is 1.36. The molecule has 0 aromatic carbocycles. The molecule has 0 amide bonds. The van der Waals surface area contributed by atoms with Crippen LogP contribution in [0.2, 0.25) is 0 Å². The number of hydrogen-bond donors (Lipinski definition) is 0. The summed E-state index contributed by atoms with van der Waals surface area (Å²) in [5, 5.41) is -1.03. The summed E-state index contributed by atoms with van der Waals surface area (Å²) in [5.74, 6) is -0.832. The molecular weight excluding hydrogens is 298 g/mol. The van der Waals surface area contributed by atoms with Crippen LogP contribution in [0.25, 0.3) is 0 Å². The smallest absolute Gasteiger partial charge is 0.255 e. The Hall–Kier alpha value is -0.460. The molecule has 0 N–H and O–H groups in total. The second-order valence-electron chi connectivity index (χ2n) is 2.39. The van der Waals surface area contributed by atoms with E-state index < -0.39 is 31.8 Å². The Morgan fingerprint density at radius 3 is 2.57 bits per heavy atom. The van der Waals surface area contributed by atoms with E-state index in [4.69, 9.17) is 11.6 Å². The Labute approximate surface area is 93.9 Å². The minimum Gasteiger partial charge on any atom is -0.275 e. The summed E-state index contributed by atoms with van der Waals surface area (Å²) in [5.41, 5.74) is -0.443. The van der Waals surface area contributed by atoms with Gasteiger partial charge in [0, 0.05) is 0 Å². The van der Waals surface area contributed by atoms with Crippen LogP contribution in [0, 0.1) is 0 Å². The molecule has 0 spiro atoms. The Balaban J connectivity index is 3.35. The van der Waals surface area contributed by atoms with Gasteiger partial charge in [0.2, 0.25) is 10.3 Å². The quantitative estimate of drug-likeness (QED) is 0.417. The molecule has 0 saturated carbocycles. The number of hydrogen-bond acceptors (Lipinski definition) is 3. The molecule has 76 valence electrons. The van der Waals surface area contributed by atoms with Gasteiger partial charge in [0.15, 0.2) is 0 Å². The number of halogens is 3. The van der Waals surface area contributed by atoms with Gasteiger partial charge in [-0.15, -0.1) is 0 Å². The van der Waals surface area contributed by atoms with Crippen molar-refractivity contribution in [2.45, 2.75) is 4.83 Å². The first-order valence-electron chi connectivity index (χ1n) is 3.33. The molecule has 7 heteroatoms. The molecule has 0 fully saturated rings. The molecule has 0 aliphatic heterocycles. The number of carbonyl (C=O) groups excluding carboxylic acids is 1. The van der Waals surface area contributed by atoms with Crippen molar-refractivity contribution < 1.29 is 17.6 Å². The zero-order valence-electron chi connectivity index (χ0n) is 6.50. The summed E-state index contributed by atoms with van der Waals surface area (Å²) in [6.45, 7) is 0. The van der Waals surface area contributed by atoms with Gasteiger partial charge in [-0.25, -0.2) is 4.39 Å². The Morgan fingerprint density at radius 1 is 1.57 bits per heavy atom. The molecule has 0 aromatic rings. The fourth-order valence-electron chi connectivity index (χ4n) is 0.882. The maximum atomic E-state index is 13.0. The van der Waals surface area contributed by atoms with E-state index >= 15 is 0 Å². The SMILES string of the molecule is O=C(Cl)C1=CC(=S(=O)=O)C(Br)C=C1F. The first-order chi connectivity index (χ1) is 6.43. The van der Waals surface area contributed by atoms with Crippen molar-refractivity contribution in [1.29, 1.82) is 0 Å². The van der Waals surface area contributed by atoms with Crippen molar-refractivity contribution >= 4 is 47.9 Å². The summed E-state index contributed by atoms with van der Waals surface area (Å²) in [6, 6.07) is 0. The standard InChI is InChI=1S/C7H3BrClFO3S/c8-4-2-5(10)3(7(9)11)1-6(4)14(12)13/h1-2,4H. The van der Waals surface area contributed by atoms with E-state index in [0.717, 1.165) is 12.2 Å². The second-order valence-corrected chi connectivity index (χ2v) is 4.66. The average Bonchev–Trinajstić information content (AvgIpc) is 2.02. The zero-order chi connectivity index (χ0) is 10.9. The summed E-state index contributed by atoms with van der Waals surface area (Å²) in [7, 11) is -2.51. The van der Waals surface area contributed by atoms with Crippen LogP contribution in [0.5, 0.6) is 0 Å². The van der Waals surface area contributed by atoms with Crippen molar-refractivity contribution in [3.63, 3.8) is 0 Å². The van der Waals surface area contributed by atoms with E-state index in [9.17, 15) is 17.6 Å². The first kappa shape index (κ1) is 11.6. The fraction of sp³-hybridized carbons (Fsp3) is 0.143. The topological polar surface area (TPSA) is 51.2 Å². The van der Waals surface area contributed by atoms with Crippen LogP contribution < -0.4 is 0 Å². The van der Waals surface area contributed by atoms with Crippen LogP contribution >= 0.6 is 27.5 Å². The Morgan fingerprint density at radius 2 is 2.14 bits per heavy atom. The van der Waals surface area contributed by atoms with E-state index in [1.54, 1.807) is 0 Å².